The minimum atomic E-state index is -3.80. The highest BCUT2D eigenvalue weighted by Gasteiger charge is 2.43. The van der Waals surface area contributed by atoms with Crippen molar-refractivity contribution in [3.63, 3.8) is 0 Å². The van der Waals surface area contributed by atoms with Gasteiger partial charge in [-0.2, -0.15) is 4.31 Å². The Labute approximate surface area is 215 Å². The van der Waals surface area contributed by atoms with Crippen LogP contribution in [-0.2, 0) is 14.8 Å². The summed E-state index contributed by atoms with van der Waals surface area (Å²) in [6.07, 6.45) is 1.50. The Balaban J connectivity index is 1.52. The lowest BCUT2D eigenvalue weighted by Gasteiger charge is -2.22. The van der Waals surface area contributed by atoms with E-state index in [1.165, 1.54) is 35.9 Å². The van der Waals surface area contributed by atoms with Crippen LogP contribution >= 0.6 is 22.9 Å². The first-order valence-electron chi connectivity index (χ1n) is 10.9. The van der Waals surface area contributed by atoms with Gasteiger partial charge in [-0.3, -0.25) is 19.0 Å². The fourth-order valence-corrected chi connectivity index (χ4v) is 6.18. The van der Waals surface area contributed by atoms with E-state index in [9.17, 15) is 27.2 Å². The molecule has 13 heteroatoms. The Bertz CT molecular complexity index is 1470. The van der Waals surface area contributed by atoms with E-state index in [4.69, 9.17) is 11.6 Å². The maximum atomic E-state index is 14.8. The number of halogens is 2. The number of thiophene rings is 1. The van der Waals surface area contributed by atoms with Crippen molar-refractivity contribution in [3.8, 4) is 5.69 Å². The number of hydrogen-bond donors (Lipinski definition) is 2. The molecule has 2 atom stereocenters. The van der Waals surface area contributed by atoms with Gasteiger partial charge in [0.25, 0.3) is 11.5 Å². The van der Waals surface area contributed by atoms with Gasteiger partial charge in [-0.15, -0.1) is 11.3 Å². The second-order valence-electron chi connectivity index (χ2n) is 8.06. The molecule has 9 nitrogen and oxygen atoms in total. The van der Waals surface area contributed by atoms with E-state index in [1.807, 2.05) is 0 Å². The number of carbonyl (C=O) groups is 2. The molecule has 0 unspecified atom stereocenters. The summed E-state index contributed by atoms with van der Waals surface area (Å²) in [5.41, 5.74) is -0.246. The van der Waals surface area contributed by atoms with Crippen LogP contribution in [0.5, 0.6) is 0 Å². The summed E-state index contributed by atoms with van der Waals surface area (Å²) in [6, 6.07) is 9.73. The third kappa shape index (κ3) is 5.51. The molecule has 1 fully saturated rings. The van der Waals surface area contributed by atoms with Gasteiger partial charge in [0.05, 0.1) is 26.3 Å². The first-order chi connectivity index (χ1) is 17.1. The number of aromatic nitrogens is 1. The minimum Gasteiger partial charge on any atom is -0.347 e. The highest BCUT2D eigenvalue weighted by Crippen LogP contribution is 2.26. The van der Waals surface area contributed by atoms with Crippen molar-refractivity contribution >= 4 is 50.5 Å². The zero-order valence-electron chi connectivity index (χ0n) is 19.0. The molecule has 36 heavy (non-hydrogen) atoms. The molecule has 1 aliphatic heterocycles. The lowest BCUT2D eigenvalue weighted by atomic mass is 10.1. The van der Waals surface area contributed by atoms with Crippen molar-refractivity contribution < 1.29 is 22.4 Å². The molecule has 3 heterocycles. The third-order valence-corrected chi connectivity index (χ3v) is 8.80. The van der Waals surface area contributed by atoms with Gasteiger partial charge in [-0.1, -0.05) is 17.7 Å². The van der Waals surface area contributed by atoms with Crippen LogP contribution in [0.1, 0.15) is 23.0 Å². The molecule has 0 radical (unpaired) electrons. The molecule has 2 amide bonds. The van der Waals surface area contributed by atoms with Crippen molar-refractivity contribution in [2.24, 2.45) is 0 Å². The molecule has 4 rings (SSSR count). The normalized spacial score (nSPS) is 18.2. The fourth-order valence-electron chi connectivity index (χ4n) is 3.93. The standard InChI is InChI=1S/C23H22ClFN4O5S2/c1-2-36(33,34)29-13-14(26-23(32)19-8-9-20(24)35-19)11-18(29)22(31)27-17-7-6-15(12-16(17)25)28-10-4-3-5-21(28)30/h3-10,12,14,18H,2,11,13H2,1H3,(H,26,32)(H,27,31)/t14-,18-/m0/s1. The molecular weight excluding hydrogens is 531 g/mol. The molecule has 1 saturated heterocycles. The van der Waals surface area contributed by atoms with E-state index in [0.29, 0.717) is 9.21 Å². The number of benzene rings is 1. The average molecular weight is 553 g/mol. The average Bonchev–Trinajstić information content (AvgIpc) is 3.47. The van der Waals surface area contributed by atoms with Crippen LogP contribution in [0.25, 0.3) is 5.69 Å². The second-order valence-corrected chi connectivity index (χ2v) is 12.0. The number of nitrogens with one attached hydrogen (secondary N) is 2. The number of nitrogens with zero attached hydrogens (tertiary/aromatic N) is 2. The summed E-state index contributed by atoms with van der Waals surface area (Å²) in [5, 5.41) is 5.19. The van der Waals surface area contributed by atoms with Crippen molar-refractivity contribution in [2.75, 3.05) is 17.6 Å². The van der Waals surface area contributed by atoms with E-state index in [1.54, 1.807) is 24.3 Å². The molecule has 2 N–H and O–H groups in total. The number of pyridine rings is 1. The molecule has 0 aliphatic carbocycles. The lowest BCUT2D eigenvalue weighted by Crippen LogP contribution is -2.44. The summed E-state index contributed by atoms with van der Waals surface area (Å²) in [4.78, 5) is 38.0. The molecular formula is C23H22ClFN4O5S2. The van der Waals surface area contributed by atoms with E-state index in [2.05, 4.69) is 10.6 Å². The highest BCUT2D eigenvalue weighted by molar-refractivity contribution is 7.89. The molecule has 0 spiro atoms. The number of amides is 2. The SMILES string of the molecule is CCS(=O)(=O)N1C[C@@H](NC(=O)c2ccc(Cl)s2)C[C@H]1C(=O)Nc1ccc(-n2ccccc2=O)cc1F. The topological polar surface area (TPSA) is 118 Å². The van der Waals surface area contributed by atoms with Crippen LogP contribution in [0.3, 0.4) is 0 Å². The molecule has 0 saturated carbocycles. The van der Waals surface area contributed by atoms with Gasteiger partial charge in [-0.25, -0.2) is 12.8 Å². The Morgan fingerprint density at radius 3 is 2.61 bits per heavy atom. The first-order valence-corrected chi connectivity index (χ1v) is 13.7. The number of anilines is 1. The summed E-state index contributed by atoms with van der Waals surface area (Å²) in [7, 11) is -3.80. The molecule has 1 aliphatic rings. The van der Waals surface area contributed by atoms with Gasteiger partial charge in [0.2, 0.25) is 15.9 Å². The predicted octanol–water partition coefficient (Wildman–Crippen LogP) is 2.85. The number of carbonyl (C=O) groups excluding carboxylic acids is 2. The fraction of sp³-hybridized carbons (Fsp3) is 0.261. The van der Waals surface area contributed by atoms with Gasteiger partial charge >= 0.3 is 0 Å². The highest BCUT2D eigenvalue weighted by atomic mass is 35.5. The van der Waals surface area contributed by atoms with Gasteiger partial charge in [0.15, 0.2) is 0 Å². The molecule has 3 aromatic rings. The van der Waals surface area contributed by atoms with E-state index in [0.717, 1.165) is 21.7 Å². The van der Waals surface area contributed by atoms with Gasteiger partial charge in [0, 0.05) is 30.9 Å². The zero-order valence-corrected chi connectivity index (χ0v) is 21.4. The summed E-state index contributed by atoms with van der Waals surface area (Å²) >= 11 is 6.96. The minimum absolute atomic E-state index is 0.00895. The third-order valence-electron chi connectivity index (χ3n) is 5.72. The maximum Gasteiger partial charge on any atom is 0.261 e. The van der Waals surface area contributed by atoms with Crippen LogP contribution < -0.4 is 16.2 Å². The molecule has 0 bridgehead atoms. The van der Waals surface area contributed by atoms with Crippen LogP contribution in [0.4, 0.5) is 10.1 Å². The molecule has 2 aromatic heterocycles. The second kappa shape index (κ2) is 10.5. The van der Waals surface area contributed by atoms with Crippen molar-refractivity contribution in [1.29, 1.82) is 0 Å². The van der Waals surface area contributed by atoms with Crippen LogP contribution in [-0.4, -0.2) is 53.5 Å². The van der Waals surface area contributed by atoms with Gasteiger partial charge in [0.1, 0.15) is 11.9 Å². The molecule has 190 valence electrons. The summed E-state index contributed by atoms with van der Waals surface area (Å²) in [5.74, 6) is -2.19. The van der Waals surface area contributed by atoms with Crippen molar-refractivity contribution in [1.82, 2.24) is 14.2 Å². The summed E-state index contributed by atoms with van der Waals surface area (Å²) in [6.45, 7) is 1.35. The predicted molar refractivity (Wildman–Crippen MR) is 136 cm³/mol. The van der Waals surface area contributed by atoms with Crippen molar-refractivity contribution in [3.05, 3.63) is 80.1 Å². The first kappa shape index (κ1) is 26.0. The number of hydrogen-bond acceptors (Lipinski definition) is 6. The zero-order chi connectivity index (χ0) is 26.0. The van der Waals surface area contributed by atoms with Gasteiger partial charge in [-0.05, 0) is 43.7 Å². The van der Waals surface area contributed by atoms with Crippen LogP contribution in [0.2, 0.25) is 4.34 Å². The Morgan fingerprint density at radius 2 is 1.97 bits per heavy atom. The smallest absolute Gasteiger partial charge is 0.261 e. The van der Waals surface area contributed by atoms with Crippen LogP contribution in [0.15, 0.2) is 59.5 Å². The Hall–Kier alpha value is -3.06. The number of sulfonamides is 1. The lowest BCUT2D eigenvalue weighted by molar-refractivity contribution is -0.119. The number of rotatable bonds is 7. The van der Waals surface area contributed by atoms with Gasteiger partial charge < -0.3 is 10.6 Å². The van der Waals surface area contributed by atoms with Crippen molar-refractivity contribution in [2.45, 2.75) is 25.4 Å². The monoisotopic (exact) mass is 552 g/mol. The van der Waals surface area contributed by atoms with Crippen LogP contribution in [0, 0.1) is 5.82 Å². The van der Waals surface area contributed by atoms with E-state index >= 15 is 0 Å². The maximum absolute atomic E-state index is 14.8. The Kier molecular flexibility index (Phi) is 7.59. The molecule has 1 aromatic carbocycles. The Morgan fingerprint density at radius 1 is 1.19 bits per heavy atom. The largest absolute Gasteiger partial charge is 0.347 e. The van der Waals surface area contributed by atoms with E-state index in [-0.39, 0.29) is 35.7 Å². The quantitative estimate of drug-likeness (QED) is 0.467. The summed E-state index contributed by atoms with van der Waals surface area (Å²) < 4.78 is 42.9. The van der Waals surface area contributed by atoms with E-state index < -0.39 is 39.7 Å².